The highest BCUT2D eigenvalue weighted by Gasteiger charge is 2.53. The van der Waals surface area contributed by atoms with E-state index < -0.39 is 12.2 Å². The second kappa shape index (κ2) is 6.16. The van der Waals surface area contributed by atoms with Crippen LogP contribution in [0, 0.1) is 0 Å². The van der Waals surface area contributed by atoms with Crippen molar-refractivity contribution in [2.45, 2.75) is 38.5 Å². The van der Waals surface area contributed by atoms with E-state index >= 15 is 0 Å². The van der Waals surface area contributed by atoms with Crippen LogP contribution < -0.4 is 4.74 Å². The molecular weight excluding hydrogens is 400 g/mol. The van der Waals surface area contributed by atoms with Gasteiger partial charge in [-0.2, -0.15) is 8.78 Å². The molecule has 2 bridgehead atoms. The minimum Gasteiger partial charge on any atom is -0.434 e. The predicted octanol–water partition coefficient (Wildman–Crippen LogP) is 4.98. The number of carbonyl (C=O) groups is 1. The van der Waals surface area contributed by atoms with Gasteiger partial charge in [0.05, 0.1) is 17.1 Å². The third-order valence-corrected chi connectivity index (χ3v) is 6.27. The maximum Gasteiger partial charge on any atom is 0.387 e. The number of benzene rings is 2. The lowest BCUT2D eigenvalue weighted by Crippen LogP contribution is -2.46. The van der Waals surface area contributed by atoms with Crippen LogP contribution in [0.15, 0.2) is 36.4 Å². The molecule has 1 unspecified atom stereocenters. The second-order valence-electron chi connectivity index (χ2n) is 7.58. The fraction of sp³-hybridized carbons (Fsp3) is 0.333. The Morgan fingerprint density at radius 1 is 1.34 bits per heavy atom. The lowest BCUT2D eigenvalue weighted by Gasteiger charge is -2.36. The van der Waals surface area contributed by atoms with E-state index in [9.17, 15) is 13.6 Å². The summed E-state index contributed by atoms with van der Waals surface area (Å²) in [5.41, 5.74) is 1.73. The number of fused-ring (bicyclic) bond motifs is 9. The molecule has 1 amide bonds. The lowest BCUT2D eigenvalue weighted by atomic mass is 9.92. The molecule has 8 heteroatoms. The summed E-state index contributed by atoms with van der Waals surface area (Å²) >= 11 is 6.24. The molecule has 0 fully saturated rings. The zero-order chi connectivity index (χ0) is 20.5. The molecule has 2 atom stereocenters. The first-order chi connectivity index (χ1) is 13.8. The van der Waals surface area contributed by atoms with Gasteiger partial charge in [-0.1, -0.05) is 17.7 Å². The van der Waals surface area contributed by atoms with Crippen LogP contribution in [0.5, 0.6) is 5.75 Å². The monoisotopic (exact) mass is 417 g/mol. The molecule has 0 N–H and O–H groups in total. The maximum atomic E-state index is 13.4. The molecule has 29 heavy (non-hydrogen) atoms. The molecule has 5 nitrogen and oxygen atoms in total. The number of ether oxygens (including phenoxy) is 1. The number of carbonyl (C=O) groups excluding carboxylic acids is 1. The SMILES string of the molecule is CCN1C(=O)c2cccc(OC(F)F)c2[C@@H]2CC1(C)c1nc3ccc(Cl)cc3n12. The molecule has 150 valence electrons. The van der Waals surface area contributed by atoms with Crippen LogP contribution in [0.2, 0.25) is 5.02 Å². The van der Waals surface area contributed by atoms with Gasteiger partial charge in [-0.05, 0) is 44.2 Å². The summed E-state index contributed by atoms with van der Waals surface area (Å²) in [7, 11) is 0. The number of alkyl halides is 2. The number of nitrogens with zero attached hydrogens (tertiary/aromatic N) is 3. The summed E-state index contributed by atoms with van der Waals surface area (Å²) in [5.74, 6) is 0.545. The third-order valence-electron chi connectivity index (χ3n) is 6.04. The average Bonchev–Trinajstić information content (AvgIpc) is 3.14. The molecule has 2 aliphatic rings. The van der Waals surface area contributed by atoms with Crippen molar-refractivity contribution >= 4 is 28.5 Å². The first kappa shape index (κ1) is 18.4. The number of halogens is 3. The molecule has 1 aromatic heterocycles. The van der Waals surface area contributed by atoms with Gasteiger partial charge in [-0.25, -0.2) is 4.98 Å². The number of hydrogen-bond acceptors (Lipinski definition) is 3. The van der Waals surface area contributed by atoms with E-state index in [0.29, 0.717) is 29.1 Å². The van der Waals surface area contributed by atoms with Gasteiger partial charge in [0.15, 0.2) is 0 Å². The number of rotatable bonds is 3. The maximum absolute atomic E-state index is 13.4. The molecule has 3 aromatic rings. The number of hydrogen-bond donors (Lipinski definition) is 0. The van der Waals surface area contributed by atoms with E-state index in [-0.39, 0.29) is 17.7 Å². The Balaban J connectivity index is 1.87. The van der Waals surface area contributed by atoms with E-state index in [2.05, 4.69) is 0 Å². The molecule has 0 aliphatic carbocycles. The Morgan fingerprint density at radius 2 is 2.14 bits per heavy atom. The van der Waals surface area contributed by atoms with Gasteiger partial charge in [0, 0.05) is 29.1 Å². The quantitative estimate of drug-likeness (QED) is 0.604. The molecule has 2 aliphatic heterocycles. The van der Waals surface area contributed by atoms with Crippen LogP contribution in [0.1, 0.15) is 48.1 Å². The minimum absolute atomic E-state index is 0.0212. The fourth-order valence-electron chi connectivity index (χ4n) is 4.92. The van der Waals surface area contributed by atoms with Gasteiger partial charge in [0.2, 0.25) is 0 Å². The van der Waals surface area contributed by atoms with Crippen LogP contribution in [0.25, 0.3) is 11.0 Å². The Labute approximate surface area is 170 Å². The number of amides is 1. The van der Waals surface area contributed by atoms with Crippen LogP contribution in [0.3, 0.4) is 0 Å². The van der Waals surface area contributed by atoms with E-state index in [1.807, 2.05) is 30.5 Å². The van der Waals surface area contributed by atoms with Crippen LogP contribution in [0.4, 0.5) is 8.78 Å². The Hall–Kier alpha value is -2.67. The van der Waals surface area contributed by atoms with Crippen LogP contribution in [-0.2, 0) is 5.54 Å². The van der Waals surface area contributed by atoms with E-state index in [1.54, 1.807) is 23.1 Å². The zero-order valence-corrected chi connectivity index (χ0v) is 16.6. The van der Waals surface area contributed by atoms with E-state index in [1.165, 1.54) is 6.07 Å². The van der Waals surface area contributed by atoms with Crippen molar-refractivity contribution in [3.8, 4) is 5.75 Å². The molecule has 0 saturated heterocycles. The Bertz CT molecular complexity index is 1160. The topological polar surface area (TPSA) is 47.4 Å². The summed E-state index contributed by atoms with van der Waals surface area (Å²) < 4.78 is 33.1. The average molecular weight is 418 g/mol. The lowest BCUT2D eigenvalue weighted by molar-refractivity contribution is -0.0507. The molecular formula is C21H18ClF2N3O2. The second-order valence-corrected chi connectivity index (χ2v) is 8.01. The predicted molar refractivity (Wildman–Crippen MR) is 105 cm³/mol. The van der Waals surface area contributed by atoms with Gasteiger partial charge in [0.25, 0.3) is 5.91 Å². The van der Waals surface area contributed by atoms with Crippen molar-refractivity contribution in [2.24, 2.45) is 0 Å². The molecule has 5 rings (SSSR count). The van der Waals surface area contributed by atoms with E-state index in [0.717, 1.165) is 16.9 Å². The standard InChI is InChI=1S/C21H18ClF2N3O2/c1-3-26-18(28)12-5-4-6-16(29-20(23)24)17(12)15-10-21(26,2)19-25-13-8-7-11(22)9-14(13)27(15)19/h4-9,15,20H,3,10H2,1-2H3/t15-,21?/m0/s1. The van der Waals surface area contributed by atoms with Crippen molar-refractivity contribution < 1.29 is 18.3 Å². The normalized spacial score (nSPS) is 22.8. The zero-order valence-electron chi connectivity index (χ0n) is 15.8. The van der Waals surface area contributed by atoms with Crippen molar-refractivity contribution in [1.29, 1.82) is 0 Å². The molecule has 0 saturated carbocycles. The molecule has 3 heterocycles. The summed E-state index contributed by atoms with van der Waals surface area (Å²) in [6.45, 7) is 1.37. The highest BCUT2D eigenvalue weighted by Crippen LogP contribution is 2.53. The molecule has 0 spiro atoms. The summed E-state index contributed by atoms with van der Waals surface area (Å²) in [5, 5.41) is 0.561. The Kier molecular flexibility index (Phi) is 3.90. The summed E-state index contributed by atoms with van der Waals surface area (Å²) in [4.78, 5) is 20.0. The highest BCUT2D eigenvalue weighted by atomic mass is 35.5. The van der Waals surface area contributed by atoms with Gasteiger partial charge in [-0.3, -0.25) is 4.79 Å². The largest absolute Gasteiger partial charge is 0.434 e. The Morgan fingerprint density at radius 3 is 2.86 bits per heavy atom. The van der Waals surface area contributed by atoms with Crippen LogP contribution in [-0.4, -0.2) is 33.5 Å². The van der Waals surface area contributed by atoms with Gasteiger partial charge in [0.1, 0.15) is 17.1 Å². The third kappa shape index (κ3) is 2.43. The van der Waals surface area contributed by atoms with Crippen molar-refractivity contribution in [2.75, 3.05) is 6.54 Å². The van der Waals surface area contributed by atoms with Gasteiger partial charge < -0.3 is 14.2 Å². The van der Waals surface area contributed by atoms with E-state index in [4.69, 9.17) is 21.3 Å². The van der Waals surface area contributed by atoms with Crippen molar-refractivity contribution in [3.63, 3.8) is 0 Å². The first-order valence-electron chi connectivity index (χ1n) is 9.43. The van der Waals surface area contributed by atoms with Crippen molar-refractivity contribution in [3.05, 3.63) is 58.4 Å². The number of aromatic nitrogens is 2. The van der Waals surface area contributed by atoms with Crippen molar-refractivity contribution in [1.82, 2.24) is 14.5 Å². The smallest absolute Gasteiger partial charge is 0.387 e. The highest BCUT2D eigenvalue weighted by molar-refractivity contribution is 6.31. The minimum atomic E-state index is -2.98. The number of imidazole rings is 1. The fourth-order valence-corrected chi connectivity index (χ4v) is 5.08. The molecule has 2 aromatic carbocycles. The van der Waals surface area contributed by atoms with Crippen LogP contribution >= 0.6 is 11.6 Å². The first-order valence-corrected chi connectivity index (χ1v) is 9.80. The summed E-state index contributed by atoms with van der Waals surface area (Å²) in [6.07, 6.45) is 0.522. The van der Waals surface area contributed by atoms with Gasteiger partial charge in [-0.15, -0.1) is 0 Å². The summed E-state index contributed by atoms with van der Waals surface area (Å²) in [6, 6.07) is 9.79. The molecule has 0 radical (unpaired) electrons. The van der Waals surface area contributed by atoms with Gasteiger partial charge >= 0.3 is 6.61 Å².